The van der Waals surface area contributed by atoms with Gasteiger partial charge in [0, 0.05) is 5.38 Å². The van der Waals surface area contributed by atoms with Crippen molar-refractivity contribution < 1.29 is 14.3 Å². The highest BCUT2D eigenvalue weighted by Gasteiger charge is 2.10. The summed E-state index contributed by atoms with van der Waals surface area (Å²) in [5.41, 5.74) is 2.58. The fraction of sp³-hybridized carbons (Fsp3) is 0.200. The molecule has 1 N–H and O–H groups in total. The predicted octanol–water partition coefficient (Wildman–Crippen LogP) is 4.27. The number of hydrogen-bond donors (Lipinski definition) is 1. The van der Waals surface area contributed by atoms with Crippen LogP contribution in [0.4, 0.5) is 0 Å². The quantitative estimate of drug-likeness (QED) is 0.489. The highest BCUT2D eigenvalue weighted by Crippen LogP contribution is 2.26. The zero-order chi connectivity index (χ0) is 19.2. The van der Waals surface area contributed by atoms with Gasteiger partial charge in [-0.05, 0) is 49.7 Å². The van der Waals surface area contributed by atoms with Crippen LogP contribution in [-0.2, 0) is 0 Å². The van der Waals surface area contributed by atoms with Gasteiger partial charge < -0.3 is 14.3 Å². The van der Waals surface area contributed by atoms with Crippen LogP contribution in [0.5, 0.6) is 11.5 Å². The predicted molar refractivity (Wildman–Crippen MR) is 108 cm³/mol. The first-order valence-electron chi connectivity index (χ1n) is 8.48. The summed E-state index contributed by atoms with van der Waals surface area (Å²) in [5, 5.41) is 16.4. The number of rotatable bonds is 7. The molecule has 0 amide bonds. The molecular formula is C20H21N3O3S. The minimum Gasteiger partial charge on any atom is -0.504 e. The van der Waals surface area contributed by atoms with Crippen LogP contribution in [0, 0.1) is 0 Å². The van der Waals surface area contributed by atoms with Crippen molar-refractivity contribution in [2.75, 3.05) is 13.2 Å². The maximum atomic E-state index is 9.84. The Bertz CT molecular complexity index is 1010. The molecule has 6 nitrogen and oxygen atoms in total. The SMILES string of the molecule is C=C(C)CN=c1scc(-c2ccco2)n1/N=C/c1ccc(O)c(OCC)c1. The van der Waals surface area contributed by atoms with Crippen LogP contribution in [0.2, 0.25) is 0 Å². The minimum absolute atomic E-state index is 0.102. The molecule has 0 bridgehead atoms. The Morgan fingerprint density at radius 3 is 2.96 bits per heavy atom. The Morgan fingerprint density at radius 1 is 1.41 bits per heavy atom. The monoisotopic (exact) mass is 383 g/mol. The normalized spacial score (nSPS) is 12.0. The van der Waals surface area contributed by atoms with Crippen LogP contribution in [0.25, 0.3) is 11.5 Å². The summed E-state index contributed by atoms with van der Waals surface area (Å²) >= 11 is 1.48. The number of aromatic hydroxyl groups is 1. The second-order valence-corrected chi connectivity index (χ2v) is 6.71. The number of ether oxygens (including phenoxy) is 1. The van der Waals surface area contributed by atoms with Crippen molar-refractivity contribution >= 4 is 17.6 Å². The third-order valence-corrected chi connectivity index (χ3v) is 4.40. The molecule has 0 radical (unpaired) electrons. The maximum Gasteiger partial charge on any atom is 0.206 e. The topological polar surface area (TPSA) is 72.2 Å². The van der Waals surface area contributed by atoms with Gasteiger partial charge in [-0.3, -0.25) is 4.99 Å². The van der Waals surface area contributed by atoms with Gasteiger partial charge in [0.25, 0.3) is 0 Å². The summed E-state index contributed by atoms with van der Waals surface area (Å²) in [6, 6.07) is 8.81. The Hall–Kier alpha value is -3.06. The van der Waals surface area contributed by atoms with Gasteiger partial charge in [-0.2, -0.15) is 5.10 Å². The number of thiazole rings is 1. The molecule has 1 aromatic carbocycles. The molecule has 3 rings (SSSR count). The molecule has 0 atom stereocenters. The van der Waals surface area contributed by atoms with Crippen molar-refractivity contribution in [2.24, 2.45) is 10.1 Å². The van der Waals surface area contributed by atoms with Gasteiger partial charge in [-0.15, -0.1) is 11.3 Å². The molecule has 0 saturated heterocycles. The van der Waals surface area contributed by atoms with Crippen molar-refractivity contribution in [1.82, 2.24) is 4.68 Å². The molecule has 2 aromatic heterocycles. The second-order valence-electron chi connectivity index (χ2n) is 5.87. The summed E-state index contributed by atoms with van der Waals surface area (Å²) in [6.45, 7) is 8.70. The van der Waals surface area contributed by atoms with Crippen molar-refractivity contribution in [3.05, 3.63) is 64.5 Å². The van der Waals surface area contributed by atoms with E-state index in [9.17, 15) is 5.11 Å². The van der Waals surface area contributed by atoms with E-state index in [0.717, 1.165) is 21.6 Å². The van der Waals surface area contributed by atoms with Crippen LogP contribution in [-0.4, -0.2) is 29.1 Å². The van der Waals surface area contributed by atoms with E-state index >= 15 is 0 Å². The van der Waals surface area contributed by atoms with E-state index in [1.165, 1.54) is 11.3 Å². The lowest BCUT2D eigenvalue weighted by atomic mass is 10.2. The number of furan rings is 1. The highest BCUT2D eigenvalue weighted by atomic mass is 32.1. The van der Waals surface area contributed by atoms with Crippen molar-refractivity contribution in [1.29, 1.82) is 0 Å². The second kappa shape index (κ2) is 8.55. The first-order chi connectivity index (χ1) is 13.1. The number of phenolic OH excluding ortho intramolecular Hbond substituents is 1. The first kappa shape index (κ1) is 18.7. The van der Waals surface area contributed by atoms with Crippen molar-refractivity contribution in [3.8, 4) is 23.0 Å². The largest absolute Gasteiger partial charge is 0.504 e. The van der Waals surface area contributed by atoms with E-state index in [0.29, 0.717) is 24.7 Å². The van der Waals surface area contributed by atoms with E-state index in [4.69, 9.17) is 9.15 Å². The molecule has 0 saturated carbocycles. The van der Waals surface area contributed by atoms with Crippen LogP contribution < -0.4 is 9.54 Å². The third-order valence-electron chi connectivity index (χ3n) is 3.55. The minimum atomic E-state index is 0.102. The average molecular weight is 383 g/mol. The fourth-order valence-corrected chi connectivity index (χ4v) is 3.14. The molecule has 140 valence electrons. The van der Waals surface area contributed by atoms with Crippen LogP contribution >= 0.6 is 11.3 Å². The summed E-state index contributed by atoms with van der Waals surface area (Å²) in [7, 11) is 0. The average Bonchev–Trinajstić information content (AvgIpc) is 3.30. The Labute approximate surface area is 161 Å². The van der Waals surface area contributed by atoms with Gasteiger partial charge in [-0.1, -0.05) is 12.2 Å². The van der Waals surface area contributed by atoms with E-state index < -0.39 is 0 Å². The summed E-state index contributed by atoms with van der Waals surface area (Å²) in [4.78, 5) is 5.31. The lowest BCUT2D eigenvalue weighted by Gasteiger charge is -2.06. The smallest absolute Gasteiger partial charge is 0.206 e. The fourth-order valence-electron chi connectivity index (χ4n) is 2.32. The van der Waals surface area contributed by atoms with Gasteiger partial charge in [0.05, 0.1) is 25.6 Å². The van der Waals surface area contributed by atoms with Crippen molar-refractivity contribution in [2.45, 2.75) is 13.8 Å². The van der Waals surface area contributed by atoms with Crippen LogP contribution in [0.1, 0.15) is 19.4 Å². The third kappa shape index (κ3) is 4.57. The lowest BCUT2D eigenvalue weighted by Crippen LogP contribution is -2.12. The van der Waals surface area contributed by atoms with Gasteiger partial charge in [0.2, 0.25) is 4.80 Å². The zero-order valence-corrected chi connectivity index (χ0v) is 16.1. The molecule has 0 aliphatic carbocycles. The zero-order valence-electron chi connectivity index (χ0n) is 15.3. The molecule has 0 aliphatic rings. The summed E-state index contributed by atoms with van der Waals surface area (Å²) in [6.07, 6.45) is 3.32. The first-order valence-corrected chi connectivity index (χ1v) is 9.36. The number of benzene rings is 1. The van der Waals surface area contributed by atoms with E-state index in [1.807, 2.05) is 31.4 Å². The Morgan fingerprint density at radius 2 is 2.26 bits per heavy atom. The molecule has 0 unspecified atom stereocenters. The van der Waals surface area contributed by atoms with E-state index in [2.05, 4.69) is 16.7 Å². The van der Waals surface area contributed by atoms with Crippen LogP contribution in [0.15, 0.2) is 68.6 Å². The standard InChI is InChI=1S/C20H21N3O3S/c1-4-25-19-10-15(7-8-17(19)24)12-22-23-16(18-6-5-9-26-18)13-27-20(23)21-11-14(2)3/h5-10,12-13,24H,2,4,11H2,1,3H3/b21-20?,22-12+. The lowest BCUT2D eigenvalue weighted by molar-refractivity contribution is 0.318. The highest BCUT2D eigenvalue weighted by molar-refractivity contribution is 7.07. The maximum absolute atomic E-state index is 9.84. The van der Waals surface area contributed by atoms with Gasteiger partial charge in [0.15, 0.2) is 17.3 Å². The van der Waals surface area contributed by atoms with Crippen LogP contribution in [0.3, 0.4) is 0 Å². The molecule has 7 heteroatoms. The number of hydrogen-bond acceptors (Lipinski definition) is 6. The molecule has 0 aliphatic heterocycles. The van der Waals surface area contributed by atoms with E-state index in [1.54, 1.807) is 35.4 Å². The van der Waals surface area contributed by atoms with Gasteiger partial charge in [0.1, 0.15) is 5.69 Å². The molecule has 0 fully saturated rings. The molecule has 27 heavy (non-hydrogen) atoms. The van der Waals surface area contributed by atoms with Gasteiger partial charge >= 0.3 is 0 Å². The number of aromatic nitrogens is 1. The number of nitrogens with zero attached hydrogens (tertiary/aromatic N) is 3. The molecular weight excluding hydrogens is 362 g/mol. The molecule has 2 heterocycles. The number of phenols is 1. The van der Waals surface area contributed by atoms with Crippen molar-refractivity contribution in [3.63, 3.8) is 0 Å². The molecule has 0 spiro atoms. The Balaban J connectivity index is 2.01. The van der Waals surface area contributed by atoms with E-state index in [-0.39, 0.29) is 5.75 Å². The van der Waals surface area contributed by atoms with Gasteiger partial charge in [-0.25, -0.2) is 4.68 Å². The summed E-state index contributed by atoms with van der Waals surface area (Å²) in [5.74, 6) is 1.24. The molecule has 3 aromatic rings. The summed E-state index contributed by atoms with van der Waals surface area (Å²) < 4.78 is 12.7. The Kier molecular flexibility index (Phi) is 5.93.